The molecule has 0 aliphatic carbocycles. The summed E-state index contributed by atoms with van der Waals surface area (Å²) in [7, 11) is 1.72. The molecule has 3 nitrogen and oxygen atoms in total. The Kier molecular flexibility index (Phi) is 6.67. The molecular formula is C14H24N2O. The molecule has 0 saturated carbocycles. The molecule has 0 spiro atoms. The summed E-state index contributed by atoms with van der Waals surface area (Å²) in [5.41, 5.74) is 2.46. The summed E-state index contributed by atoms with van der Waals surface area (Å²) in [5.74, 6) is 0.969. The van der Waals surface area contributed by atoms with Crippen LogP contribution >= 0.6 is 0 Å². The number of hydrogen-bond donors (Lipinski definition) is 2. The second kappa shape index (κ2) is 8.09. The predicted molar refractivity (Wildman–Crippen MR) is 72.6 cm³/mol. The van der Waals surface area contributed by atoms with Gasteiger partial charge in [0.15, 0.2) is 0 Å². The van der Waals surface area contributed by atoms with E-state index in [2.05, 4.69) is 42.7 Å². The maximum absolute atomic E-state index is 5.31. The maximum Gasteiger partial charge on any atom is 0.122 e. The molecule has 96 valence electrons. The first kappa shape index (κ1) is 14.0. The Morgan fingerprint density at radius 2 is 1.94 bits per heavy atom. The second-order valence-electron chi connectivity index (χ2n) is 4.19. The highest BCUT2D eigenvalue weighted by molar-refractivity contribution is 5.36. The van der Waals surface area contributed by atoms with E-state index >= 15 is 0 Å². The number of benzene rings is 1. The van der Waals surface area contributed by atoms with Gasteiger partial charge in [0.25, 0.3) is 0 Å². The molecule has 1 aromatic rings. The molecule has 0 heterocycles. The van der Waals surface area contributed by atoms with Gasteiger partial charge in [-0.15, -0.1) is 0 Å². The summed E-state index contributed by atoms with van der Waals surface area (Å²) in [6, 6.07) is 6.36. The molecule has 3 heteroatoms. The fourth-order valence-electron chi connectivity index (χ4n) is 1.72. The molecule has 0 aliphatic rings. The lowest BCUT2D eigenvalue weighted by molar-refractivity contribution is 0.411. The third-order valence-corrected chi connectivity index (χ3v) is 2.76. The molecule has 0 fully saturated rings. The Morgan fingerprint density at radius 3 is 2.65 bits per heavy atom. The van der Waals surface area contributed by atoms with Gasteiger partial charge < -0.3 is 15.4 Å². The minimum atomic E-state index is 0.906. The molecule has 0 amide bonds. The molecule has 1 aromatic carbocycles. The standard InChI is InChI=1S/C14H24N2O/c1-4-15-8-5-9-16-11-13-7-6-12(2)14(10-13)17-3/h6-7,10,15-16H,4-5,8-9,11H2,1-3H3. The van der Waals surface area contributed by atoms with Gasteiger partial charge in [-0.1, -0.05) is 19.1 Å². The summed E-state index contributed by atoms with van der Waals surface area (Å²) in [4.78, 5) is 0. The van der Waals surface area contributed by atoms with Crippen molar-refractivity contribution in [1.29, 1.82) is 0 Å². The van der Waals surface area contributed by atoms with Crippen molar-refractivity contribution in [3.8, 4) is 5.75 Å². The van der Waals surface area contributed by atoms with E-state index in [-0.39, 0.29) is 0 Å². The van der Waals surface area contributed by atoms with Crippen LogP contribution < -0.4 is 15.4 Å². The second-order valence-corrected chi connectivity index (χ2v) is 4.19. The highest BCUT2D eigenvalue weighted by atomic mass is 16.5. The van der Waals surface area contributed by atoms with Crippen molar-refractivity contribution >= 4 is 0 Å². The highest BCUT2D eigenvalue weighted by Gasteiger charge is 1.99. The third-order valence-electron chi connectivity index (χ3n) is 2.76. The largest absolute Gasteiger partial charge is 0.496 e. The number of rotatable bonds is 8. The van der Waals surface area contributed by atoms with Crippen LogP contribution in [0.2, 0.25) is 0 Å². The third kappa shape index (κ3) is 5.20. The van der Waals surface area contributed by atoms with Crippen LogP contribution in [0.4, 0.5) is 0 Å². The number of hydrogen-bond acceptors (Lipinski definition) is 3. The lowest BCUT2D eigenvalue weighted by Gasteiger charge is -2.09. The summed E-state index contributed by atoms with van der Waals surface area (Å²) in [6.07, 6.45) is 1.16. The molecule has 0 atom stereocenters. The summed E-state index contributed by atoms with van der Waals surface area (Å²) in [6.45, 7) is 8.28. The summed E-state index contributed by atoms with van der Waals surface area (Å²) >= 11 is 0. The SMILES string of the molecule is CCNCCCNCc1ccc(C)c(OC)c1. The van der Waals surface area contributed by atoms with Crippen molar-refractivity contribution in [2.45, 2.75) is 26.8 Å². The first-order chi connectivity index (χ1) is 8.27. The molecule has 17 heavy (non-hydrogen) atoms. The first-order valence-electron chi connectivity index (χ1n) is 6.33. The van der Waals surface area contributed by atoms with E-state index in [9.17, 15) is 0 Å². The quantitative estimate of drug-likeness (QED) is 0.678. The van der Waals surface area contributed by atoms with Crippen molar-refractivity contribution in [1.82, 2.24) is 10.6 Å². The van der Waals surface area contributed by atoms with Crippen LogP contribution in [0.1, 0.15) is 24.5 Å². The van der Waals surface area contributed by atoms with E-state index in [0.29, 0.717) is 0 Å². The summed E-state index contributed by atoms with van der Waals surface area (Å²) in [5, 5.41) is 6.75. The van der Waals surface area contributed by atoms with Crippen LogP contribution in [0.25, 0.3) is 0 Å². The lowest BCUT2D eigenvalue weighted by atomic mass is 10.1. The number of methoxy groups -OCH3 is 1. The summed E-state index contributed by atoms with van der Waals surface area (Å²) < 4.78 is 5.31. The maximum atomic E-state index is 5.31. The smallest absolute Gasteiger partial charge is 0.122 e. The average molecular weight is 236 g/mol. The zero-order chi connectivity index (χ0) is 12.5. The normalized spacial score (nSPS) is 10.5. The Bertz CT molecular complexity index is 326. The average Bonchev–Trinajstić information content (AvgIpc) is 2.35. The molecule has 1 rings (SSSR count). The van der Waals surface area contributed by atoms with E-state index in [0.717, 1.165) is 38.3 Å². The van der Waals surface area contributed by atoms with Gasteiger partial charge in [-0.25, -0.2) is 0 Å². The van der Waals surface area contributed by atoms with Crippen molar-refractivity contribution in [2.24, 2.45) is 0 Å². The van der Waals surface area contributed by atoms with Gasteiger partial charge in [0.1, 0.15) is 5.75 Å². The molecular weight excluding hydrogens is 212 g/mol. The van der Waals surface area contributed by atoms with E-state index in [1.165, 1.54) is 11.1 Å². The Labute approximate surface area is 105 Å². The Hall–Kier alpha value is -1.06. The van der Waals surface area contributed by atoms with Gasteiger partial charge in [0.2, 0.25) is 0 Å². The van der Waals surface area contributed by atoms with E-state index in [4.69, 9.17) is 4.74 Å². The van der Waals surface area contributed by atoms with Gasteiger partial charge >= 0.3 is 0 Å². The lowest BCUT2D eigenvalue weighted by Crippen LogP contribution is -2.21. The predicted octanol–water partition coefficient (Wildman–Crippen LogP) is 2.09. The zero-order valence-corrected chi connectivity index (χ0v) is 11.2. The topological polar surface area (TPSA) is 33.3 Å². The first-order valence-corrected chi connectivity index (χ1v) is 6.33. The number of aryl methyl sites for hydroxylation is 1. The van der Waals surface area contributed by atoms with Crippen LogP contribution in [0.3, 0.4) is 0 Å². The van der Waals surface area contributed by atoms with Gasteiger partial charge in [0.05, 0.1) is 7.11 Å². The van der Waals surface area contributed by atoms with Gasteiger partial charge in [0, 0.05) is 6.54 Å². The van der Waals surface area contributed by atoms with E-state index < -0.39 is 0 Å². The van der Waals surface area contributed by atoms with Crippen molar-refractivity contribution in [2.75, 3.05) is 26.7 Å². The van der Waals surface area contributed by atoms with Gasteiger partial charge in [-0.3, -0.25) is 0 Å². The molecule has 0 aliphatic heterocycles. The Morgan fingerprint density at radius 1 is 1.18 bits per heavy atom. The fraction of sp³-hybridized carbons (Fsp3) is 0.571. The van der Waals surface area contributed by atoms with Crippen LogP contribution in [-0.2, 0) is 6.54 Å². The molecule has 0 saturated heterocycles. The van der Waals surface area contributed by atoms with Gasteiger partial charge in [-0.05, 0) is 50.2 Å². The van der Waals surface area contributed by atoms with Crippen LogP contribution in [0.15, 0.2) is 18.2 Å². The molecule has 0 aromatic heterocycles. The van der Waals surface area contributed by atoms with Gasteiger partial charge in [-0.2, -0.15) is 0 Å². The van der Waals surface area contributed by atoms with Crippen molar-refractivity contribution in [3.63, 3.8) is 0 Å². The van der Waals surface area contributed by atoms with Crippen LogP contribution in [0, 0.1) is 6.92 Å². The number of nitrogens with one attached hydrogen (secondary N) is 2. The van der Waals surface area contributed by atoms with Crippen molar-refractivity contribution in [3.05, 3.63) is 29.3 Å². The van der Waals surface area contributed by atoms with E-state index in [1.807, 2.05) is 0 Å². The fourth-order valence-corrected chi connectivity index (χ4v) is 1.72. The monoisotopic (exact) mass is 236 g/mol. The van der Waals surface area contributed by atoms with Crippen LogP contribution in [-0.4, -0.2) is 26.7 Å². The van der Waals surface area contributed by atoms with Crippen LogP contribution in [0.5, 0.6) is 5.75 Å². The highest BCUT2D eigenvalue weighted by Crippen LogP contribution is 2.18. The molecule has 0 unspecified atom stereocenters. The minimum absolute atomic E-state index is 0.906. The number of ether oxygens (including phenoxy) is 1. The van der Waals surface area contributed by atoms with Crippen molar-refractivity contribution < 1.29 is 4.74 Å². The minimum Gasteiger partial charge on any atom is -0.496 e. The molecule has 0 radical (unpaired) electrons. The molecule has 0 bridgehead atoms. The van der Waals surface area contributed by atoms with E-state index in [1.54, 1.807) is 7.11 Å². The Balaban J connectivity index is 2.27. The zero-order valence-electron chi connectivity index (χ0n) is 11.2. The molecule has 2 N–H and O–H groups in total.